The van der Waals surface area contributed by atoms with Gasteiger partial charge in [-0.2, -0.15) is 12.6 Å². The number of aliphatic carboxylic acids is 1. The molecule has 0 aromatic heterocycles. The van der Waals surface area contributed by atoms with E-state index >= 15 is 0 Å². The van der Waals surface area contributed by atoms with E-state index in [4.69, 9.17) is 22.3 Å². The van der Waals surface area contributed by atoms with Crippen molar-refractivity contribution in [2.24, 2.45) is 17.2 Å². The second kappa shape index (κ2) is 14.6. The molecule has 0 spiro atoms. The molecule has 13 nitrogen and oxygen atoms in total. The van der Waals surface area contributed by atoms with Gasteiger partial charge in [-0.1, -0.05) is 6.42 Å². The second-order valence-electron chi connectivity index (χ2n) is 6.93. The Kier molecular flexibility index (Phi) is 13.4. The lowest BCUT2D eigenvalue weighted by molar-refractivity contribution is -0.143. The molecule has 4 amide bonds. The first-order chi connectivity index (χ1) is 14.4. The minimum absolute atomic E-state index is 0.237. The number of aliphatic hydroxyl groups is 1. The average molecular weight is 465 g/mol. The number of carboxylic acids is 1. The molecule has 0 fully saturated rings. The molecule has 14 heteroatoms. The van der Waals surface area contributed by atoms with E-state index in [-0.39, 0.29) is 5.75 Å². The van der Waals surface area contributed by atoms with Crippen molar-refractivity contribution in [1.29, 1.82) is 0 Å². The van der Waals surface area contributed by atoms with Crippen molar-refractivity contribution < 1.29 is 34.2 Å². The van der Waals surface area contributed by atoms with Crippen molar-refractivity contribution >= 4 is 42.2 Å². The van der Waals surface area contributed by atoms with Crippen LogP contribution in [-0.2, 0) is 24.0 Å². The van der Waals surface area contributed by atoms with Gasteiger partial charge in [-0.3, -0.25) is 19.2 Å². The molecule has 0 aromatic carbocycles. The van der Waals surface area contributed by atoms with Crippen molar-refractivity contribution in [3.05, 3.63) is 0 Å². The van der Waals surface area contributed by atoms with Gasteiger partial charge in [-0.25, -0.2) is 4.79 Å². The number of hydrogen-bond acceptors (Lipinski definition) is 9. The third-order valence-electron chi connectivity index (χ3n) is 4.20. The third-order valence-corrected chi connectivity index (χ3v) is 4.57. The molecule has 0 aliphatic rings. The molecule has 0 radical (unpaired) electrons. The second-order valence-corrected chi connectivity index (χ2v) is 7.30. The first kappa shape index (κ1) is 28.6. The summed E-state index contributed by atoms with van der Waals surface area (Å²) < 4.78 is 0. The summed E-state index contributed by atoms with van der Waals surface area (Å²) in [6, 6.07) is -5.26. The maximum absolute atomic E-state index is 12.5. The Morgan fingerprint density at radius 2 is 1.55 bits per heavy atom. The fourth-order valence-electron chi connectivity index (χ4n) is 2.43. The van der Waals surface area contributed by atoms with E-state index in [1.165, 1.54) is 6.92 Å². The normalized spacial score (nSPS) is 15.6. The number of aliphatic hydroxyl groups excluding tert-OH is 1. The molecule has 0 rings (SSSR count). The lowest BCUT2D eigenvalue weighted by atomic mass is 10.1. The van der Waals surface area contributed by atoms with E-state index in [1.54, 1.807) is 0 Å². The molecule has 0 aliphatic heterocycles. The minimum atomic E-state index is -1.59. The number of carboxylic acid groups (broad SMARTS) is 1. The summed E-state index contributed by atoms with van der Waals surface area (Å²) in [7, 11) is 0. The third kappa shape index (κ3) is 11.0. The molecule has 0 saturated heterocycles. The van der Waals surface area contributed by atoms with Gasteiger partial charge in [-0.15, -0.1) is 0 Å². The van der Waals surface area contributed by atoms with Gasteiger partial charge in [0.15, 0.2) is 0 Å². The number of unbranched alkanes of at least 4 members (excludes halogenated alkanes) is 1. The van der Waals surface area contributed by atoms with E-state index in [0.29, 0.717) is 25.8 Å². The Bertz CT molecular complexity index is 648. The van der Waals surface area contributed by atoms with Gasteiger partial charge >= 0.3 is 5.97 Å². The highest BCUT2D eigenvalue weighted by Crippen LogP contribution is 2.02. The summed E-state index contributed by atoms with van der Waals surface area (Å²) in [5, 5.41) is 25.6. The number of thiol groups is 1. The standard InChI is InChI=1S/C17H32N6O7S/c1-8(24)13(23-14(26)9(19)4-2-3-5-18)16(28)22-11(7-31)15(27)21-10(17(29)30)6-12(20)25/h8-11,13,24,31H,2-7,18-19H2,1H3,(H2,20,25)(H,21,27)(H,22,28)(H,23,26)(H,29,30). The molecular formula is C17H32N6O7S. The van der Waals surface area contributed by atoms with Crippen LogP contribution >= 0.6 is 12.6 Å². The fraction of sp³-hybridized carbons (Fsp3) is 0.706. The number of carbonyl (C=O) groups excluding carboxylic acids is 4. The largest absolute Gasteiger partial charge is 0.480 e. The van der Waals surface area contributed by atoms with Gasteiger partial charge in [0.2, 0.25) is 23.6 Å². The lowest BCUT2D eigenvalue weighted by Gasteiger charge is -2.25. The zero-order valence-corrected chi connectivity index (χ0v) is 18.1. The van der Waals surface area contributed by atoms with Crippen molar-refractivity contribution in [3.8, 4) is 0 Å². The quantitative estimate of drug-likeness (QED) is 0.0850. The van der Waals surface area contributed by atoms with Gasteiger partial charge in [-0.05, 0) is 26.3 Å². The molecule has 0 heterocycles. The maximum Gasteiger partial charge on any atom is 0.326 e. The van der Waals surface area contributed by atoms with Crippen molar-refractivity contribution in [3.63, 3.8) is 0 Å². The summed E-state index contributed by atoms with van der Waals surface area (Å²) in [5.41, 5.74) is 16.1. The van der Waals surface area contributed by atoms with Crippen LogP contribution in [0.2, 0.25) is 0 Å². The summed E-state index contributed by atoms with van der Waals surface area (Å²) in [6.07, 6.45) is -0.370. The number of rotatable bonds is 15. The predicted octanol–water partition coefficient (Wildman–Crippen LogP) is -3.83. The average Bonchev–Trinajstić information content (AvgIpc) is 2.68. The van der Waals surface area contributed by atoms with Gasteiger partial charge in [0, 0.05) is 5.75 Å². The van der Waals surface area contributed by atoms with E-state index in [1.807, 2.05) is 0 Å². The van der Waals surface area contributed by atoms with Crippen LogP contribution < -0.4 is 33.2 Å². The summed E-state index contributed by atoms with van der Waals surface area (Å²) >= 11 is 3.95. The van der Waals surface area contributed by atoms with Crippen LogP contribution in [0.15, 0.2) is 0 Å². The van der Waals surface area contributed by atoms with Crippen LogP contribution in [-0.4, -0.2) is 82.4 Å². The van der Waals surface area contributed by atoms with Crippen LogP contribution in [0, 0.1) is 0 Å². The number of carbonyl (C=O) groups is 5. The first-order valence-electron chi connectivity index (χ1n) is 9.61. The zero-order chi connectivity index (χ0) is 24.1. The molecule has 5 unspecified atom stereocenters. The summed E-state index contributed by atoms with van der Waals surface area (Å²) in [5.74, 6) is -5.19. The van der Waals surface area contributed by atoms with E-state index in [0.717, 1.165) is 0 Å². The highest BCUT2D eigenvalue weighted by molar-refractivity contribution is 7.80. The van der Waals surface area contributed by atoms with Crippen LogP contribution in [0.5, 0.6) is 0 Å². The smallest absolute Gasteiger partial charge is 0.326 e. The molecule has 0 aromatic rings. The van der Waals surface area contributed by atoms with E-state index in [2.05, 4.69) is 28.6 Å². The Morgan fingerprint density at radius 3 is 2.00 bits per heavy atom. The first-order valence-corrected chi connectivity index (χ1v) is 10.2. The highest BCUT2D eigenvalue weighted by atomic mass is 32.1. The Balaban J connectivity index is 5.09. The van der Waals surface area contributed by atoms with Gasteiger partial charge in [0.25, 0.3) is 0 Å². The fourth-order valence-corrected chi connectivity index (χ4v) is 2.69. The number of hydrogen-bond donors (Lipinski definition) is 9. The van der Waals surface area contributed by atoms with Crippen molar-refractivity contribution in [2.45, 2.75) is 62.9 Å². The molecule has 178 valence electrons. The van der Waals surface area contributed by atoms with E-state index < -0.39 is 66.3 Å². The monoisotopic (exact) mass is 464 g/mol. The Morgan fingerprint density at radius 1 is 0.968 bits per heavy atom. The Labute approximate surface area is 185 Å². The summed E-state index contributed by atoms with van der Waals surface area (Å²) in [4.78, 5) is 59.1. The molecule has 11 N–H and O–H groups in total. The molecule has 0 saturated carbocycles. The zero-order valence-electron chi connectivity index (χ0n) is 17.2. The van der Waals surface area contributed by atoms with Crippen molar-refractivity contribution in [2.75, 3.05) is 12.3 Å². The van der Waals surface area contributed by atoms with Crippen LogP contribution in [0.1, 0.15) is 32.6 Å². The number of nitrogens with two attached hydrogens (primary N) is 3. The van der Waals surface area contributed by atoms with Gasteiger partial charge in [0.05, 0.1) is 18.6 Å². The minimum Gasteiger partial charge on any atom is -0.480 e. The SMILES string of the molecule is CC(O)C(NC(=O)C(N)CCCCN)C(=O)NC(CS)C(=O)NC(CC(N)=O)C(=O)O. The number of primary amides is 1. The molecular weight excluding hydrogens is 432 g/mol. The highest BCUT2D eigenvalue weighted by Gasteiger charge is 2.32. The number of amides is 4. The molecule has 0 bridgehead atoms. The van der Waals surface area contributed by atoms with Crippen LogP contribution in [0.25, 0.3) is 0 Å². The summed E-state index contributed by atoms with van der Waals surface area (Å²) in [6.45, 7) is 1.70. The van der Waals surface area contributed by atoms with Crippen LogP contribution in [0.4, 0.5) is 0 Å². The molecule has 0 aliphatic carbocycles. The van der Waals surface area contributed by atoms with Gasteiger partial charge in [0.1, 0.15) is 18.1 Å². The van der Waals surface area contributed by atoms with Crippen LogP contribution in [0.3, 0.4) is 0 Å². The molecule has 5 atom stereocenters. The molecule has 31 heavy (non-hydrogen) atoms. The van der Waals surface area contributed by atoms with E-state index in [9.17, 15) is 29.1 Å². The Hall–Kier alpha value is -2.42. The number of nitrogens with one attached hydrogen (secondary N) is 3. The topological polar surface area (TPSA) is 240 Å². The maximum atomic E-state index is 12.5. The van der Waals surface area contributed by atoms with Gasteiger partial charge < -0.3 is 43.4 Å². The van der Waals surface area contributed by atoms with Crippen molar-refractivity contribution in [1.82, 2.24) is 16.0 Å². The predicted molar refractivity (Wildman–Crippen MR) is 114 cm³/mol. The lowest BCUT2D eigenvalue weighted by Crippen LogP contribution is -2.60.